The van der Waals surface area contributed by atoms with E-state index in [1.807, 2.05) is 18.2 Å². The average molecular weight is 288 g/mol. The van der Waals surface area contributed by atoms with Crippen molar-refractivity contribution in [3.63, 3.8) is 0 Å². The second kappa shape index (κ2) is 4.15. The van der Waals surface area contributed by atoms with Gasteiger partial charge in [-0.25, -0.2) is 0 Å². The molecule has 0 fully saturated rings. The number of hydrogen-bond donors (Lipinski definition) is 0. The first-order chi connectivity index (χ1) is 9.72. The van der Waals surface area contributed by atoms with Gasteiger partial charge >= 0.3 is 0 Å². The molecule has 2 aromatic carbocycles. The zero-order valence-electron chi connectivity index (χ0n) is 10.4. The van der Waals surface area contributed by atoms with Crippen molar-refractivity contribution in [2.45, 2.75) is 6.54 Å². The van der Waals surface area contributed by atoms with Crippen LogP contribution in [0.25, 0.3) is 0 Å². The average Bonchev–Trinajstić information content (AvgIpc) is 3.01. The van der Waals surface area contributed by atoms with E-state index in [1.54, 1.807) is 23.1 Å². The number of halogens is 1. The normalized spacial score (nSPS) is 15.7. The second-order valence-electron chi connectivity index (χ2n) is 4.73. The van der Waals surface area contributed by atoms with Crippen molar-refractivity contribution in [2.24, 2.45) is 0 Å². The molecule has 2 aliphatic rings. The van der Waals surface area contributed by atoms with Crippen LogP contribution in [0.2, 0.25) is 5.02 Å². The lowest BCUT2D eigenvalue weighted by molar-refractivity contribution is 0.0996. The van der Waals surface area contributed by atoms with Gasteiger partial charge in [-0.2, -0.15) is 0 Å². The molecule has 0 N–H and O–H groups in total. The third-order valence-electron chi connectivity index (χ3n) is 3.52. The van der Waals surface area contributed by atoms with Crippen LogP contribution in [0.3, 0.4) is 0 Å². The molecule has 4 rings (SSSR count). The van der Waals surface area contributed by atoms with Gasteiger partial charge < -0.3 is 14.4 Å². The Morgan fingerprint density at radius 1 is 1.10 bits per heavy atom. The molecule has 0 aromatic heterocycles. The van der Waals surface area contributed by atoms with Crippen LogP contribution in [0.1, 0.15) is 15.9 Å². The van der Waals surface area contributed by atoms with Gasteiger partial charge in [0.25, 0.3) is 5.91 Å². The summed E-state index contributed by atoms with van der Waals surface area (Å²) < 4.78 is 10.7. The summed E-state index contributed by atoms with van der Waals surface area (Å²) in [6, 6.07) is 10.9. The quantitative estimate of drug-likeness (QED) is 0.808. The summed E-state index contributed by atoms with van der Waals surface area (Å²) in [5.74, 6) is 1.29. The first-order valence-corrected chi connectivity index (χ1v) is 6.60. The van der Waals surface area contributed by atoms with Crippen LogP contribution in [0, 0.1) is 0 Å². The van der Waals surface area contributed by atoms with Crippen molar-refractivity contribution >= 4 is 23.2 Å². The molecule has 0 bridgehead atoms. The van der Waals surface area contributed by atoms with Crippen molar-refractivity contribution in [3.05, 3.63) is 52.5 Å². The lowest BCUT2D eigenvalue weighted by atomic mass is 10.1. The van der Waals surface area contributed by atoms with Crippen LogP contribution in [0.15, 0.2) is 36.4 Å². The SMILES string of the molecule is O=C1c2cc3c(cc2CN1c1cccc(Cl)c1)OCO3. The summed E-state index contributed by atoms with van der Waals surface area (Å²) in [7, 11) is 0. The monoisotopic (exact) mass is 287 g/mol. The smallest absolute Gasteiger partial charge is 0.259 e. The van der Waals surface area contributed by atoms with Crippen LogP contribution in [-0.4, -0.2) is 12.7 Å². The van der Waals surface area contributed by atoms with Crippen LogP contribution in [0.4, 0.5) is 5.69 Å². The third kappa shape index (κ3) is 1.65. The van der Waals surface area contributed by atoms with Gasteiger partial charge in [-0.15, -0.1) is 0 Å². The molecule has 4 nitrogen and oxygen atoms in total. The van der Waals surface area contributed by atoms with E-state index in [0.29, 0.717) is 28.6 Å². The molecule has 100 valence electrons. The minimum atomic E-state index is -0.0411. The summed E-state index contributed by atoms with van der Waals surface area (Å²) in [5.41, 5.74) is 2.40. The highest BCUT2D eigenvalue weighted by Gasteiger charge is 2.31. The molecule has 2 aromatic rings. The predicted molar refractivity (Wildman–Crippen MR) is 74.5 cm³/mol. The Bertz CT molecular complexity index is 729. The molecule has 0 radical (unpaired) electrons. The summed E-state index contributed by atoms with van der Waals surface area (Å²) in [5, 5.41) is 0.611. The molecule has 0 aliphatic carbocycles. The lowest BCUT2D eigenvalue weighted by Gasteiger charge is -2.15. The first kappa shape index (κ1) is 11.6. The summed E-state index contributed by atoms with van der Waals surface area (Å²) in [6.07, 6.45) is 0. The Hall–Kier alpha value is -2.20. The number of ether oxygens (including phenoxy) is 2. The summed E-state index contributed by atoms with van der Waals surface area (Å²) >= 11 is 5.99. The molecule has 1 amide bonds. The number of amides is 1. The van der Waals surface area contributed by atoms with Crippen molar-refractivity contribution in [1.82, 2.24) is 0 Å². The van der Waals surface area contributed by atoms with E-state index >= 15 is 0 Å². The van der Waals surface area contributed by atoms with E-state index in [9.17, 15) is 4.79 Å². The largest absolute Gasteiger partial charge is 0.454 e. The van der Waals surface area contributed by atoms with E-state index in [2.05, 4.69) is 0 Å². The molecule has 0 saturated carbocycles. The number of rotatable bonds is 1. The Balaban J connectivity index is 1.76. The van der Waals surface area contributed by atoms with Gasteiger partial charge in [-0.1, -0.05) is 17.7 Å². The topological polar surface area (TPSA) is 38.8 Å². The van der Waals surface area contributed by atoms with Crippen molar-refractivity contribution in [3.8, 4) is 11.5 Å². The fraction of sp³-hybridized carbons (Fsp3) is 0.133. The van der Waals surface area contributed by atoms with Gasteiger partial charge in [0.2, 0.25) is 6.79 Å². The minimum absolute atomic E-state index is 0.0411. The number of carbonyl (C=O) groups is 1. The maximum atomic E-state index is 12.5. The van der Waals surface area contributed by atoms with Gasteiger partial charge in [0.1, 0.15) is 0 Å². The van der Waals surface area contributed by atoms with E-state index in [0.717, 1.165) is 11.3 Å². The van der Waals surface area contributed by atoms with Gasteiger partial charge in [-0.3, -0.25) is 4.79 Å². The number of benzene rings is 2. The minimum Gasteiger partial charge on any atom is -0.454 e. The molecule has 0 unspecified atom stereocenters. The maximum absolute atomic E-state index is 12.5. The molecule has 2 heterocycles. The van der Waals surface area contributed by atoms with E-state index in [1.165, 1.54) is 0 Å². The van der Waals surface area contributed by atoms with Gasteiger partial charge in [0.15, 0.2) is 11.5 Å². The molecule has 0 atom stereocenters. The fourth-order valence-corrected chi connectivity index (χ4v) is 2.74. The molecule has 0 spiro atoms. The van der Waals surface area contributed by atoms with Crippen molar-refractivity contribution in [1.29, 1.82) is 0 Å². The van der Waals surface area contributed by atoms with Gasteiger partial charge in [0.05, 0.1) is 6.54 Å². The number of anilines is 1. The fourth-order valence-electron chi connectivity index (χ4n) is 2.55. The zero-order valence-corrected chi connectivity index (χ0v) is 11.2. The number of fused-ring (bicyclic) bond motifs is 2. The van der Waals surface area contributed by atoms with Gasteiger partial charge in [-0.05, 0) is 35.9 Å². The number of nitrogens with zero attached hydrogens (tertiary/aromatic N) is 1. The third-order valence-corrected chi connectivity index (χ3v) is 3.76. The molecular formula is C15H10ClNO3. The van der Waals surface area contributed by atoms with E-state index in [4.69, 9.17) is 21.1 Å². The van der Waals surface area contributed by atoms with E-state index < -0.39 is 0 Å². The van der Waals surface area contributed by atoms with Crippen molar-refractivity contribution < 1.29 is 14.3 Å². The van der Waals surface area contributed by atoms with Crippen LogP contribution in [0.5, 0.6) is 11.5 Å². The summed E-state index contributed by atoms with van der Waals surface area (Å²) in [6.45, 7) is 0.732. The van der Waals surface area contributed by atoms with Crippen LogP contribution in [-0.2, 0) is 6.54 Å². The predicted octanol–water partition coefficient (Wildman–Crippen LogP) is 3.23. The highest BCUT2D eigenvalue weighted by Crippen LogP contribution is 2.39. The Kier molecular flexibility index (Phi) is 2.41. The highest BCUT2D eigenvalue weighted by molar-refractivity contribution is 6.31. The first-order valence-electron chi connectivity index (χ1n) is 6.22. The van der Waals surface area contributed by atoms with E-state index in [-0.39, 0.29) is 12.7 Å². The number of carbonyl (C=O) groups excluding carboxylic acids is 1. The molecule has 0 saturated heterocycles. The molecule has 20 heavy (non-hydrogen) atoms. The lowest BCUT2D eigenvalue weighted by Crippen LogP contribution is -2.22. The Morgan fingerprint density at radius 3 is 2.70 bits per heavy atom. The number of hydrogen-bond acceptors (Lipinski definition) is 3. The molecule has 2 aliphatic heterocycles. The van der Waals surface area contributed by atoms with Gasteiger partial charge in [0, 0.05) is 16.3 Å². The van der Waals surface area contributed by atoms with Crippen molar-refractivity contribution in [2.75, 3.05) is 11.7 Å². The molecule has 5 heteroatoms. The second-order valence-corrected chi connectivity index (χ2v) is 5.17. The summed E-state index contributed by atoms with van der Waals surface area (Å²) in [4.78, 5) is 14.2. The van der Waals surface area contributed by atoms with Crippen LogP contribution >= 0.6 is 11.6 Å². The Labute approximate surface area is 120 Å². The maximum Gasteiger partial charge on any atom is 0.259 e. The molecular weight excluding hydrogens is 278 g/mol. The zero-order chi connectivity index (χ0) is 13.7. The highest BCUT2D eigenvalue weighted by atomic mass is 35.5. The van der Waals surface area contributed by atoms with Crippen LogP contribution < -0.4 is 14.4 Å². The Morgan fingerprint density at radius 2 is 1.90 bits per heavy atom. The standard InChI is InChI=1S/C15H10ClNO3/c16-10-2-1-3-11(5-10)17-7-9-4-13-14(20-8-19-13)6-12(9)15(17)18/h1-6H,7-8H2.